The third-order valence-electron chi connectivity index (χ3n) is 4.79. The van der Waals surface area contributed by atoms with Gasteiger partial charge >= 0.3 is 0 Å². The molecule has 3 heterocycles. The van der Waals surface area contributed by atoms with Gasteiger partial charge in [0, 0.05) is 24.8 Å². The van der Waals surface area contributed by atoms with E-state index in [1.54, 1.807) is 12.3 Å². The number of hydrogen-bond donors (Lipinski definition) is 3. The number of nitrogens with zero attached hydrogens (tertiary/aromatic N) is 4. The summed E-state index contributed by atoms with van der Waals surface area (Å²) in [7, 11) is 0. The van der Waals surface area contributed by atoms with E-state index in [9.17, 15) is 14.7 Å². The number of amides is 1. The first-order valence-corrected chi connectivity index (χ1v) is 9.98. The van der Waals surface area contributed by atoms with Crippen LogP contribution in [0.2, 0.25) is 0 Å². The van der Waals surface area contributed by atoms with E-state index in [-0.39, 0.29) is 17.0 Å². The van der Waals surface area contributed by atoms with E-state index in [1.807, 2.05) is 39.8 Å². The number of anilines is 2. The Kier molecular flexibility index (Phi) is 4.76. The molecule has 0 unspecified atom stereocenters. The molecule has 1 aliphatic rings. The van der Waals surface area contributed by atoms with Gasteiger partial charge in [0.25, 0.3) is 11.5 Å². The molecule has 3 aromatic rings. The normalized spacial score (nSPS) is 14.1. The molecule has 3 aromatic heterocycles. The van der Waals surface area contributed by atoms with Gasteiger partial charge < -0.3 is 15.7 Å². The largest absolute Gasteiger partial charge is 0.492 e. The van der Waals surface area contributed by atoms with Crippen molar-refractivity contribution >= 4 is 23.2 Å². The molecule has 9 nitrogen and oxygen atoms in total. The molecule has 1 aliphatic carbocycles. The highest BCUT2D eigenvalue weighted by Crippen LogP contribution is 2.25. The molecule has 4 rings (SSSR count). The van der Waals surface area contributed by atoms with Gasteiger partial charge in [-0.15, -0.1) is 5.10 Å². The zero-order valence-corrected chi connectivity index (χ0v) is 17.6. The van der Waals surface area contributed by atoms with E-state index >= 15 is 0 Å². The minimum Gasteiger partial charge on any atom is -0.492 e. The Balaban J connectivity index is 1.85. The minimum atomic E-state index is -0.574. The van der Waals surface area contributed by atoms with Crippen LogP contribution in [0.1, 0.15) is 49.5 Å². The van der Waals surface area contributed by atoms with Gasteiger partial charge in [-0.25, -0.2) is 4.98 Å². The van der Waals surface area contributed by atoms with Gasteiger partial charge in [-0.3, -0.25) is 14.2 Å². The van der Waals surface area contributed by atoms with Gasteiger partial charge in [0.2, 0.25) is 5.88 Å². The lowest BCUT2D eigenvalue weighted by molar-refractivity contribution is 0.0944. The zero-order valence-electron chi connectivity index (χ0n) is 17.6. The molecule has 1 saturated carbocycles. The molecular formula is C21H26N6O3. The molecule has 0 saturated heterocycles. The molecule has 0 radical (unpaired) electrons. The third-order valence-corrected chi connectivity index (χ3v) is 4.79. The topological polar surface area (TPSA) is 114 Å². The quantitative estimate of drug-likeness (QED) is 0.596. The van der Waals surface area contributed by atoms with E-state index in [2.05, 4.69) is 20.7 Å². The number of hydrogen-bond acceptors (Lipinski definition) is 6. The molecule has 0 atom stereocenters. The molecule has 1 amide bonds. The molecule has 0 bridgehead atoms. The predicted octanol–water partition coefficient (Wildman–Crippen LogP) is 2.59. The first kappa shape index (κ1) is 19.9. The van der Waals surface area contributed by atoms with Crippen LogP contribution in [0.5, 0.6) is 5.88 Å². The second-order valence-corrected chi connectivity index (χ2v) is 9.04. The van der Waals surface area contributed by atoms with Crippen LogP contribution in [0, 0.1) is 12.3 Å². The van der Waals surface area contributed by atoms with E-state index in [4.69, 9.17) is 0 Å². The first-order valence-electron chi connectivity index (χ1n) is 9.98. The summed E-state index contributed by atoms with van der Waals surface area (Å²) in [6.07, 6.45) is 3.44. The van der Waals surface area contributed by atoms with Crippen molar-refractivity contribution in [3.63, 3.8) is 0 Å². The number of nitrogens with one attached hydrogen (secondary N) is 2. The highest BCUT2D eigenvalue weighted by molar-refractivity contribution is 5.96. The lowest BCUT2D eigenvalue weighted by Crippen LogP contribution is -2.37. The summed E-state index contributed by atoms with van der Waals surface area (Å²) in [5.41, 5.74) is 0.366. The summed E-state index contributed by atoms with van der Waals surface area (Å²) in [5, 5.41) is 21.0. The van der Waals surface area contributed by atoms with E-state index < -0.39 is 17.3 Å². The van der Waals surface area contributed by atoms with Crippen molar-refractivity contribution in [3.8, 4) is 5.88 Å². The van der Waals surface area contributed by atoms with E-state index in [0.29, 0.717) is 23.8 Å². The van der Waals surface area contributed by atoms with Gasteiger partial charge in [0.05, 0.1) is 0 Å². The van der Waals surface area contributed by atoms with Crippen LogP contribution in [0.3, 0.4) is 0 Å². The van der Waals surface area contributed by atoms with Crippen molar-refractivity contribution in [2.45, 2.75) is 53.1 Å². The SMILES string of the molecule is Cc1ccnc(Nc2cc3n(CC(C)(C)C)c(=O)c(C(=O)NC4CC4)c(O)n3n2)c1. The number of fused-ring (bicyclic) bond motifs is 1. The summed E-state index contributed by atoms with van der Waals surface area (Å²) < 4.78 is 2.72. The minimum absolute atomic E-state index is 0.0605. The molecule has 158 valence electrons. The second kappa shape index (κ2) is 7.16. The fourth-order valence-electron chi connectivity index (χ4n) is 3.27. The number of aromatic nitrogens is 4. The van der Waals surface area contributed by atoms with Crippen molar-refractivity contribution in [1.82, 2.24) is 24.5 Å². The first-order chi connectivity index (χ1) is 14.1. The van der Waals surface area contributed by atoms with Crippen LogP contribution >= 0.6 is 0 Å². The van der Waals surface area contributed by atoms with Gasteiger partial charge in [0.1, 0.15) is 11.5 Å². The monoisotopic (exact) mass is 410 g/mol. The third kappa shape index (κ3) is 4.00. The Morgan fingerprint density at radius 1 is 1.27 bits per heavy atom. The van der Waals surface area contributed by atoms with Crippen LogP contribution in [0.25, 0.3) is 5.65 Å². The number of pyridine rings is 1. The summed E-state index contributed by atoms with van der Waals surface area (Å²) in [6, 6.07) is 5.47. The number of carbonyl (C=O) groups is 1. The molecule has 1 fully saturated rings. The maximum absolute atomic E-state index is 13.2. The smallest absolute Gasteiger partial charge is 0.270 e. The van der Waals surface area contributed by atoms with Gasteiger partial charge in [0.15, 0.2) is 11.4 Å². The van der Waals surface area contributed by atoms with Crippen LogP contribution in [-0.2, 0) is 6.54 Å². The number of aromatic hydroxyl groups is 1. The molecule has 30 heavy (non-hydrogen) atoms. The predicted molar refractivity (Wildman–Crippen MR) is 113 cm³/mol. The van der Waals surface area contributed by atoms with Gasteiger partial charge in [-0.2, -0.15) is 4.52 Å². The molecule has 0 spiro atoms. The molecule has 0 aliphatic heterocycles. The Hall–Kier alpha value is -3.36. The number of rotatable bonds is 5. The van der Waals surface area contributed by atoms with Crippen molar-refractivity contribution < 1.29 is 9.90 Å². The number of carbonyl (C=O) groups excluding carboxylic acids is 1. The van der Waals surface area contributed by atoms with Crippen molar-refractivity contribution in [2.24, 2.45) is 5.41 Å². The summed E-state index contributed by atoms with van der Waals surface area (Å²) in [4.78, 5) is 30.1. The lowest BCUT2D eigenvalue weighted by atomic mass is 9.97. The van der Waals surface area contributed by atoms with Gasteiger partial charge in [-0.1, -0.05) is 20.8 Å². The highest BCUT2D eigenvalue weighted by atomic mass is 16.3. The van der Waals surface area contributed by atoms with Crippen molar-refractivity contribution in [2.75, 3.05) is 5.32 Å². The highest BCUT2D eigenvalue weighted by Gasteiger charge is 2.30. The van der Waals surface area contributed by atoms with Crippen LogP contribution in [0.4, 0.5) is 11.6 Å². The molecule has 0 aromatic carbocycles. The van der Waals surface area contributed by atoms with E-state index in [1.165, 1.54) is 9.08 Å². The van der Waals surface area contributed by atoms with Gasteiger partial charge in [-0.05, 0) is 42.9 Å². The van der Waals surface area contributed by atoms with Crippen LogP contribution in [-0.4, -0.2) is 36.2 Å². The fraction of sp³-hybridized carbons (Fsp3) is 0.429. The molecule has 3 N–H and O–H groups in total. The van der Waals surface area contributed by atoms with E-state index in [0.717, 1.165) is 18.4 Å². The molecular weight excluding hydrogens is 384 g/mol. The summed E-state index contributed by atoms with van der Waals surface area (Å²) in [5.74, 6) is -0.0435. The fourth-order valence-corrected chi connectivity index (χ4v) is 3.27. The average molecular weight is 410 g/mol. The Morgan fingerprint density at radius 2 is 2.00 bits per heavy atom. The maximum atomic E-state index is 13.2. The lowest BCUT2D eigenvalue weighted by Gasteiger charge is -2.21. The Labute approximate surface area is 173 Å². The standard InChI is InChI=1S/C21H26N6O3/c1-12-7-8-22-14(9-12)24-15-10-16-26(11-21(2,3)4)19(29)17(20(30)27(16)25-15)18(28)23-13-5-6-13/h7-10,13,30H,5-6,11H2,1-4H3,(H,23,28)(H,22,24,25). The Bertz CT molecular complexity index is 1180. The zero-order chi connectivity index (χ0) is 21.6. The van der Waals surface area contributed by atoms with Crippen molar-refractivity contribution in [1.29, 1.82) is 0 Å². The Morgan fingerprint density at radius 3 is 2.63 bits per heavy atom. The second-order valence-electron chi connectivity index (χ2n) is 9.04. The van der Waals surface area contributed by atoms with Crippen molar-refractivity contribution in [3.05, 3.63) is 45.9 Å². The summed E-state index contributed by atoms with van der Waals surface area (Å²) in [6.45, 7) is 8.30. The maximum Gasteiger partial charge on any atom is 0.270 e. The average Bonchev–Trinajstić information content (AvgIpc) is 3.34. The molecule has 9 heteroatoms. The number of aryl methyl sites for hydroxylation is 1. The van der Waals surface area contributed by atoms with Crippen LogP contribution < -0.4 is 16.2 Å². The van der Waals surface area contributed by atoms with Crippen LogP contribution in [0.15, 0.2) is 29.2 Å². The summed E-state index contributed by atoms with van der Waals surface area (Å²) >= 11 is 0.